The number of allylic oxidation sites excluding steroid dienone is 2. The second-order valence-corrected chi connectivity index (χ2v) is 10.2. The predicted octanol–water partition coefficient (Wildman–Crippen LogP) is 5.44. The quantitative estimate of drug-likeness (QED) is 0.407. The van der Waals surface area contributed by atoms with Gasteiger partial charge in [-0.25, -0.2) is 9.67 Å². The van der Waals surface area contributed by atoms with Gasteiger partial charge in [0.25, 0.3) is 5.91 Å². The third-order valence-electron chi connectivity index (χ3n) is 6.88. The summed E-state index contributed by atoms with van der Waals surface area (Å²) in [5, 5.41) is 9.96. The lowest BCUT2D eigenvalue weighted by molar-refractivity contribution is -0.118. The van der Waals surface area contributed by atoms with Gasteiger partial charge in [0.1, 0.15) is 5.75 Å². The number of nitrogens with zero attached hydrogens (tertiary/aromatic N) is 3. The molecule has 0 spiro atoms. The number of hydrogen-bond acceptors (Lipinski definition) is 5. The summed E-state index contributed by atoms with van der Waals surface area (Å²) in [4.78, 5) is 17.7. The number of fused-ring (bicyclic) bond motifs is 3. The number of carbonyl (C=O) groups excluding carboxylic acids is 1. The van der Waals surface area contributed by atoms with E-state index in [2.05, 4.69) is 61.1 Å². The van der Waals surface area contributed by atoms with Crippen LogP contribution in [0, 0.1) is 31.6 Å². The summed E-state index contributed by atoms with van der Waals surface area (Å²) >= 11 is 1.57. The fourth-order valence-corrected chi connectivity index (χ4v) is 5.87. The summed E-state index contributed by atoms with van der Waals surface area (Å²) in [6, 6.07) is 12.2. The van der Waals surface area contributed by atoms with Gasteiger partial charge in [-0.3, -0.25) is 4.79 Å². The lowest BCUT2D eigenvalue weighted by atomic mass is 9.95. The molecule has 1 fully saturated rings. The van der Waals surface area contributed by atoms with Crippen LogP contribution in [0.1, 0.15) is 24.0 Å². The molecule has 3 aliphatic rings. The normalized spacial score (nSPS) is 23.4. The first kappa shape index (κ1) is 21.1. The van der Waals surface area contributed by atoms with E-state index in [0.29, 0.717) is 29.2 Å². The van der Waals surface area contributed by atoms with Crippen molar-refractivity contribution in [2.75, 3.05) is 11.9 Å². The van der Waals surface area contributed by atoms with Crippen LogP contribution in [0.25, 0.3) is 11.3 Å². The standard InChI is InChI=1S/C27H26N4O2S/c1-16-3-4-17(2)22(9-16)30-27-31(28-13-21-11-18-5-6-19(21)10-18)24(15-34-27)20-7-8-25-23(12-20)29-26(32)14-33-25/h3-9,12-13,15,18-19,21H,10-11,14H2,1-2H3,(H,29,32). The molecule has 2 bridgehead atoms. The maximum absolute atomic E-state index is 11.8. The van der Waals surface area contributed by atoms with Crippen LogP contribution in [-0.2, 0) is 4.79 Å². The van der Waals surface area contributed by atoms with Crippen LogP contribution in [0.3, 0.4) is 0 Å². The number of ether oxygens (including phenoxy) is 1. The largest absolute Gasteiger partial charge is 0.482 e. The van der Waals surface area contributed by atoms with Crippen LogP contribution < -0.4 is 14.9 Å². The van der Waals surface area contributed by atoms with Crippen molar-refractivity contribution in [3.05, 3.63) is 69.9 Å². The summed E-state index contributed by atoms with van der Waals surface area (Å²) < 4.78 is 7.48. The van der Waals surface area contributed by atoms with Crippen LogP contribution in [0.5, 0.6) is 5.75 Å². The minimum Gasteiger partial charge on any atom is -0.482 e. The fourth-order valence-electron chi connectivity index (χ4n) is 5.02. The molecule has 2 aliphatic carbocycles. The molecule has 7 heteroatoms. The van der Waals surface area contributed by atoms with Gasteiger partial charge in [-0.1, -0.05) is 24.3 Å². The van der Waals surface area contributed by atoms with Gasteiger partial charge in [0.2, 0.25) is 4.80 Å². The maximum Gasteiger partial charge on any atom is 0.262 e. The van der Waals surface area contributed by atoms with E-state index in [0.717, 1.165) is 33.7 Å². The molecule has 3 aromatic rings. The molecule has 1 aliphatic heterocycles. The smallest absolute Gasteiger partial charge is 0.262 e. The Hall–Kier alpha value is -3.45. The average molecular weight is 471 g/mol. The number of carbonyl (C=O) groups is 1. The molecule has 2 aromatic carbocycles. The lowest BCUT2D eigenvalue weighted by Crippen LogP contribution is -2.25. The Kier molecular flexibility index (Phi) is 5.21. The van der Waals surface area contributed by atoms with E-state index in [4.69, 9.17) is 14.8 Å². The molecule has 6 nitrogen and oxygen atoms in total. The zero-order valence-corrected chi connectivity index (χ0v) is 20.0. The molecule has 6 rings (SSSR count). The van der Waals surface area contributed by atoms with Crippen molar-refractivity contribution in [3.63, 3.8) is 0 Å². The molecule has 0 radical (unpaired) electrons. The molecule has 2 heterocycles. The average Bonchev–Trinajstić information content (AvgIpc) is 3.55. The second-order valence-electron chi connectivity index (χ2n) is 9.37. The van der Waals surface area contributed by atoms with Gasteiger partial charge in [0.05, 0.1) is 17.1 Å². The number of amides is 1. The Balaban J connectivity index is 1.45. The van der Waals surface area contributed by atoms with E-state index in [1.54, 1.807) is 11.3 Å². The molecule has 1 saturated carbocycles. The highest BCUT2D eigenvalue weighted by molar-refractivity contribution is 7.07. The number of thiazole rings is 1. The van der Waals surface area contributed by atoms with Crippen molar-refractivity contribution in [1.82, 2.24) is 4.68 Å². The highest BCUT2D eigenvalue weighted by atomic mass is 32.1. The van der Waals surface area contributed by atoms with Crippen molar-refractivity contribution in [2.45, 2.75) is 26.7 Å². The Morgan fingerprint density at radius 3 is 2.88 bits per heavy atom. The molecular weight excluding hydrogens is 444 g/mol. The molecule has 1 aromatic heterocycles. The maximum atomic E-state index is 11.8. The van der Waals surface area contributed by atoms with Gasteiger partial charge in [-0.15, -0.1) is 11.3 Å². The summed E-state index contributed by atoms with van der Waals surface area (Å²) in [5.74, 6) is 2.28. The first-order chi connectivity index (χ1) is 16.5. The second kappa shape index (κ2) is 8.40. The van der Waals surface area contributed by atoms with E-state index < -0.39 is 0 Å². The Bertz CT molecular complexity index is 1410. The molecule has 1 N–H and O–H groups in total. The van der Waals surface area contributed by atoms with Crippen molar-refractivity contribution in [2.24, 2.45) is 27.8 Å². The van der Waals surface area contributed by atoms with Crippen molar-refractivity contribution in [1.29, 1.82) is 0 Å². The Labute approximate surface area is 202 Å². The van der Waals surface area contributed by atoms with Crippen molar-refractivity contribution in [3.8, 4) is 17.0 Å². The molecule has 3 unspecified atom stereocenters. The minimum atomic E-state index is -0.143. The van der Waals surface area contributed by atoms with Gasteiger partial charge >= 0.3 is 0 Å². The van der Waals surface area contributed by atoms with Gasteiger partial charge in [-0.05, 0) is 73.9 Å². The number of anilines is 1. The number of aryl methyl sites for hydroxylation is 2. The van der Waals surface area contributed by atoms with E-state index in [9.17, 15) is 4.79 Å². The van der Waals surface area contributed by atoms with E-state index in [-0.39, 0.29) is 12.5 Å². The summed E-state index contributed by atoms with van der Waals surface area (Å²) in [7, 11) is 0. The molecule has 3 atom stereocenters. The molecule has 1 amide bonds. The minimum absolute atomic E-state index is 0.0476. The molecule has 0 saturated heterocycles. The fraction of sp³-hybridized carbons (Fsp3) is 0.296. The van der Waals surface area contributed by atoms with Crippen molar-refractivity contribution >= 4 is 34.8 Å². The number of rotatable bonds is 4. The van der Waals surface area contributed by atoms with E-state index in [1.807, 2.05) is 22.9 Å². The Morgan fingerprint density at radius 2 is 2.06 bits per heavy atom. The van der Waals surface area contributed by atoms with E-state index in [1.165, 1.54) is 12.0 Å². The highest BCUT2D eigenvalue weighted by Gasteiger charge is 2.34. The first-order valence-corrected chi connectivity index (χ1v) is 12.5. The van der Waals surface area contributed by atoms with Gasteiger partial charge in [0, 0.05) is 23.1 Å². The SMILES string of the molecule is Cc1ccc(C)c(N=c2scc(-c3ccc4c(c3)NC(=O)CO4)n2N=CC2CC3C=CC2C3)c1. The summed E-state index contributed by atoms with van der Waals surface area (Å²) in [6.45, 7) is 4.21. The van der Waals surface area contributed by atoms with Crippen LogP contribution in [0.15, 0.2) is 64.0 Å². The molecule has 172 valence electrons. The van der Waals surface area contributed by atoms with Gasteiger partial charge < -0.3 is 10.1 Å². The number of nitrogens with one attached hydrogen (secondary N) is 1. The number of aromatic nitrogens is 1. The molecule has 34 heavy (non-hydrogen) atoms. The van der Waals surface area contributed by atoms with Crippen LogP contribution >= 0.6 is 11.3 Å². The zero-order valence-electron chi connectivity index (χ0n) is 19.2. The Morgan fingerprint density at radius 1 is 1.15 bits per heavy atom. The topological polar surface area (TPSA) is 68.0 Å². The number of hydrogen-bond donors (Lipinski definition) is 1. The lowest BCUT2D eigenvalue weighted by Gasteiger charge is -2.18. The van der Waals surface area contributed by atoms with Crippen LogP contribution in [0.2, 0.25) is 0 Å². The number of benzene rings is 2. The third kappa shape index (κ3) is 3.90. The van der Waals surface area contributed by atoms with Crippen LogP contribution in [0.4, 0.5) is 11.4 Å². The third-order valence-corrected chi connectivity index (χ3v) is 7.69. The highest BCUT2D eigenvalue weighted by Crippen LogP contribution is 2.42. The zero-order chi connectivity index (χ0) is 23.2. The van der Waals surface area contributed by atoms with Crippen LogP contribution in [-0.4, -0.2) is 23.4 Å². The summed E-state index contributed by atoms with van der Waals surface area (Å²) in [5.41, 5.74) is 5.83. The van der Waals surface area contributed by atoms with E-state index >= 15 is 0 Å². The van der Waals surface area contributed by atoms with Crippen molar-refractivity contribution < 1.29 is 9.53 Å². The van der Waals surface area contributed by atoms with Gasteiger partial charge in [-0.2, -0.15) is 5.10 Å². The first-order valence-electron chi connectivity index (χ1n) is 11.7. The summed E-state index contributed by atoms with van der Waals surface area (Å²) in [6.07, 6.45) is 9.20. The predicted molar refractivity (Wildman–Crippen MR) is 136 cm³/mol. The molecular formula is C27H26N4O2S. The van der Waals surface area contributed by atoms with Gasteiger partial charge in [0.15, 0.2) is 6.61 Å². The monoisotopic (exact) mass is 470 g/mol.